The number of thioether (sulfide) groups is 1. The minimum absolute atomic E-state index is 0.239. The third kappa shape index (κ3) is 5.88. The van der Waals surface area contributed by atoms with Crippen LogP contribution in [0.25, 0.3) is 0 Å². The Hall–Kier alpha value is 0.180. The second-order valence-corrected chi connectivity index (χ2v) is 7.76. The zero-order valence-corrected chi connectivity index (χ0v) is 13.0. The van der Waals surface area contributed by atoms with Crippen LogP contribution in [-0.4, -0.2) is 81.7 Å². The molecule has 0 amide bonds. The summed E-state index contributed by atoms with van der Waals surface area (Å²) in [5.74, 6) is 1.25. The van der Waals surface area contributed by atoms with Crippen LogP contribution in [0.5, 0.6) is 0 Å². The van der Waals surface area contributed by atoms with Crippen LogP contribution in [0.2, 0.25) is 0 Å². The Morgan fingerprint density at radius 1 is 1.33 bits per heavy atom. The molecule has 18 heavy (non-hydrogen) atoms. The highest BCUT2D eigenvalue weighted by molar-refractivity contribution is 7.98. The van der Waals surface area contributed by atoms with Gasteiger partial charge in [-0.25, -0.2) is 12.7 Å². The van der Waals surface area contributed by atoms with Gasteiger partial charge in [0.1, 0.15) is 0 Å². The van der Waals surface area contributed by atoms with Gasteiger partial charge in [0.25, 0.3) is 0 Å². The number of nitrogens with zero attached hydrogens (tertiary/aromatic N) is 2. The van der Waals surface area contributed by atoms with Gasteiger partial charge in [-0.15, -0.1) is 0 Å². The summed E-state index contributed by atoms with van der Waals surface area (Å²) >= 11 is 1.75. The summed E-state index contributed by atoms with van der Waals surface area (Å²) in [7, 11) is -1.39. The van der Waals surface area contributed by atoms with Gasteiger partial charge in [0.2, 0.25) is 10.0 Å². The van der Waals surface area contributed by atoms with E-state index in [0.29, 0.717) is 13.1 Å². The van der Waals surface area contributed by atoms with E-state index in [-0.39, 0.29) is 5.75 Å². The number of nitrogens with one attached hydrogen (secondary N) is 1. The first-order valence-electron chi connectivity index (χ1n) is 6.42. The molecule has 0 aliphatic carbocycles. The van der Waals surface area contributed by atoms with Crippen LogP contribution < -0.4 is 5.32 Å². The molecule has 7 heteroatoms. The molecule has 1 aliphatic heterocycles. The third-order valence-electron chi connectivity index (χ3n) is 3.17. The zero-order valence-electron chi connectivity index (χ0n) is 11.4. The number of hydrogen-bond acceptors (Lipinski definition) is 5. The van der Waals surface area contributed by atoms with Crippen LogP contribution in [-0.2, 0) is 10.0 Å². The molecular formula is C11H25N3O2S2. The molecule has 0 aromatic carbocycles. The Morgan fingerprint density at radius 3 is 2.61 bits per heavy atom. The summed E-state index contributed by atoms with van der Waals surface area (Å²) < 4.78 is 25.6. The molecular weight excluding hydrogens is 270 g/mol. The molecule has 1 rings (SSSR count). The van der Waals surface area contributed by atoms with E-state index in [9.17, 15) is 8.42 Å². The maximum Gasteiger partial charge on any atom is 0.215 e. The Labute approximate surface area is 115 Å². The van der Waals surface area contributed by atoms with Crippen molar-refractivity contribution in [3.8, 4) is 0 Å². The summed E-state index contributed by atoms with van der Waals surface area (Å²) in [5.41, 5.74) is 0. The van der Waals surface area contributed by atoms with E-state index < -0.39 is 10.0 Å². The van der Waals surface area contributed by atoms with E-state index in [1.165, 1.54) is 4.31 Å². The lowest BCUT2D eigenvalue weighted by molar-refractivity contribution is 0.252. The standard InChI is InChI=1S/C11H25N3O2S2/c1-13(6-3-10-17-2)18(15,16)11-9-14-7-4-12-5-8-14/h12H,3-11H2,1-2H3. The van der Waals surface area contributed by atoms with Crippen molar-refractivity contribution in [2.75, 3.05) is 64.1 Å². The molecule has 1 saturated heterocycles. The van der Waals surface area contributed by atoms with Gasteiger partial charge in [0.15, 0.2) is 0 Å². The molecule has 5 nitrogen and oxygen atoms in total. The van der Waals surface area contributed by atoms with Crippen molar-refractivity contribution in [3.63, 3.8) is 0 Å². The molecule has 1 aliphatic rings. The number of sulfonamides is 1. The van der Waals surface area contributed by atoms with Crippen LogP contribution in [0.3, 0.4) is 0 Å². The fourth-order valence-electron chi connectivity index (χ4n) is 1.91. The topological polar surface area (TPSA) is 52.7 Å². The maximum absolute atomic E-state index is 12.0. The SMILES string of the molecule is CSCCCN(C)S(=O)(=O)CCN1CCNCC1. The molecule has 0 spiro atoms. The lowest BCUT2D eigenvalue weighted by atomic mass is 10.4. The van der Waals surface area contributed by atoms with Crippen LogP contribution in [0, 0.1) is 0 Å². The van der Waals surface area contributed by atoms with Crippen molar-refractivity contribution in [2.45, 2.75) is 6.42 Å². The smallest absolute Gasteiger partial charge is 0.215 e. The van der Waals surface area contributed by atoms with E-state index in [0.717, 1.165) is 38.4 Å². The Bertz CT molecular complexity index is 316. The average Bonchev–Trinajstić information content (AvgIpc) is 2.38. The van der Waals surface area contributed by atoms with E-state index in [2.05, 4.69) is 10.2 Å². The monoisotopic (exact) mass is 295 g/mol. The molecule has 0 aromatic rings. The molecule has 0 bridgehead atoms. The molecule has 0 unspecified atom stereocenters. The average molecular weight is 295 g/mol. The minimum atomic E-state index is -3.08. The number of hydrogen-bond donors (Lipinski definition) is 1. The Balaban J connectivity index is 2.28. The first kappa shape index (κ1) is 16.2. The van der Waals surface area contributed by atoms with Gasteiger partial charge < -0.3 is 5.32 Å². The molecule has 0 saturated carbocycles. The highest BCUT2D eigenvalue weighted by Gasteiger charge is 2.19. The Morgan fingerprint density at radius 2 is 2.00 bits per heavy atom. The van der Waals surface area contributed by atoms with Crippen LogP contribution in [0.4, 0.5) is 0 Å². The normalized spacial score (nSPS) is 18.4. The van der Waals surface area contributed by atoms with Crippen molar-refractivity contribution in [2.24, 2.45) is 0 Å². The fourth-order valence-corrected chi connectivity index (χ4v) is 3.53. The summed E-state index contributed by atoms with van der Waals surface area (Å²) in [6.07, 6.45) is 2.96. The van der Waals surface area contributed by atoms with Crippen molar-refractivity contribution in [3.05, 3.63) is 0 Å². The molecule has 0 radical (unpaired) electrons. The van der Waals surface area contributed by atoms with Gasteiger partial charge in [-0.3, -0.25) is 4.90 Å². The lowest BCUT2D eigenvalue weighted by Crippen LogP contribution is -2.46. The summed E-state index contributed by atoms with van der Waals surface area (Å²) in [6.45, 7) is 5.10. The van der Waals surface area contributed by atoms with Gasteiger partial charge in [-0.05, 0) is 18.4 Å². The highest BCUT2D eigenvalue weighted by Crippen LogP contribution is 2.04. The largest absolute Gasteiger partial charge is 0.314 e. The summed E-state index contributed by atoms with van der Waals surface area (Å²) in [6, 6.07) is 0. The van der Waals surface area contributed by atoms with E-state index in [1.807, 2.05) is 6.26 Å². The molecule has 0 aromatic heterocycles. The van der Waals surface area contributed by atoms with Crippen LogP contribution in [0.15, 0.2) is 0 Å². The van der Waals surface area contributed by atoms with E-state index in [1.54, 1.807) is 18.8 Å². The van der Waals surface area contributed by atoms with Crippen LogP contribution in [0.1, 0.15) is 6.42 Å². The van der Waals surface area contributed by atoms with Crippen molar-refractivity contribution in [1.82, 2.24) is 14.5 Å². The van der Waals surface area contributed by atoms with Crippen molar-refractivity contribution in [1.29, 1.82) is 0 Å². The van der Waals surface area contributed by atoms with Gasteiger partial charge >= 0.3 is 0 Å². The van der Waals surface area contributed by atoms with Gasteiger partial charge in [0, 0.05) is 46.3 Å². The predicted octanol–water partition coefficient (Wildman–Crippen LogP) is -0.0937. The lowest BCUT2D eigenvalue weighted by Gasteiger charge is -2.27. The third-order valence-corrected chi connectivity index (χ3v) is 5.70. The quantitative estimate of drug-likeness (QED) is 0.634. The van der Waals surface area contributed by atoms with Gasteiger partial charge in [0.05, 0.1) is 5.75 Å². The summed E-state index contributed by atoms with van der Waals surface area (Å²) in [4.78, 5) is 2.21. The minimum Gasteiger partial charge on any atom is -0.314 e. The first-order chi connectivity index (χ1) is 8.56. The predicted molar refractivity (Wildman–Crippen MR) is 78.7 cm³/mol. The van der Waals surface area contributed by atoms with E-state index in [4.69, 9.17) is 0 Å². The fraction of sp³-hybridized carbons (Fsp3) is 1.00. The molecule has 108 valence electrons. The molecule has 1 N–H and O–H groups in total. The second kappa shape index (κ2) is 8.37. The Kier molecular flexibility index (Phi) is 7.55. The highest BCUT2D eigenvalue weighted by atomic mass is 32.2. The van der Waals surface area contributed by atoms with Crippen molar-refractivity contribution >= 4 is 21.8 Å². The molecule has 1 heterocycles. The molecule has 0 atom stereocenters. The zero-order chi connectivity index (χ0) is 13.4. The number of piperazine rings is 1. The van der Waals surface area contributed by atoms with Crippen LogP contribution >= 0.6 is 11.8 Å². The van der Waals surface area contributed by atoms with Crippen molar-refractivity contribution < 1.29 is 8.42 Å². The van der Waals surface area contributed by atoms with Gasteiger partial charge in [-0.1, -0.05) is 0 Å². The number of rotatable bonds is 8. The summed E-state index contributed by atoms with van der Waals surface area (Å²) in [5, 5.41) is 3.27. The van der Waals surface area contributed by atoms with Gasteiger partial charge in [-0.2, -0.15) is 11.8 Å². The van der Waals surface area contributed by atoms with E-state index >= 15 is 0 Å². The molecule has 1 fully saturated rings. The second-order valence-electron chi connectivity index (χ2n) is 4.58. The first-order valence-corrected chi connectivity index (χ1v) is 9.42. The maximum atomic E-state index is 12.0.